The predicted molar refractivity (Wildman–Crippen MR) is 94.3 cm³/mol. The van der Waals surface area contributed by atoms with Gasteiger partial charge < -0.3 is 18.9 Å². The number of aromatic nitrogens is 2. The molecule has 3 heterocycles. The molecular formula is C17H13ClFN3O7. The number of halogens is 2. The smallest absolute Gasteiger partial charge is 0.424 e. The summed E-state index contributed by atoms with van der Waals surface area (Å²) in [6.07, 6.45) is -4.51. The van der Waals surface area contributed by atoms with Gasteiger partial charge in [-0.1, -0.05) is 11.6 Å². The van der Waals surface area contributed by atoms with Crippen molar-refractivity contribution in [2.75, 3.05) is 5.32 Å². The van der Waals surface area contributed by atoms with Gasteiger partial charge in [-0.15, -0.1) is 0 Å². The van der Waals surface area contributed by atoms with Crippen molar-refractivity contribution in [1.82, 2.24) is 9.55 Å². The van der Waals surface area contributed by atoms with E-state index in [9.17, 15) is 18.8 Å². The number of hydrogen-bond donors (Lipinski definition) is 1. The minimum Gasteiger partial charge on any atom is -0.424 e. The summed E-state index contributed by atoms with van der Waals surface area (Å²) < 4.78 is 35.7. The molecule has 2 aliphatic rings. The molecule has 0 saturated carbocycles. The molecule has 29 heavy (non-hydrogen) atoms. The lowest BCUT2D eigenvalue weighted by atomic mass is 10.1. The maximum absolute atomic E-state index is 14.4. The molecule has 0 bridgehead atoms. The van der Waals surface area contributed by atoms with Crippen LogP contribution in [0.2, 0.25) is 5.02 Å². The highest BCUT2D eigenvalue weighted by molar-refractivity contribution is 6.30. The predicted octanol–water partition coefficient (Wildman–Crippen LogP) is 2.47. The zero-order valence-electron chi connectivity index (χ0n) is 14.7. The third-order valence-electron chi connectivity index (χ3n) is 4.31. The van der Waals surface area contributed by atoms with E-state index in [0.29, 0.717) is 5.02 Å². The van der Waals surface area contributed by atoms with Crippen LogP contribution in [-0.4, -0.2) is 40.1 Å². The molecule has 12 heteroatoms. The Balaban J connectivity index is 1.51. The van der Waals surface area contributed by atoms with E-state index in [4.69, 9.17) is 30.5 Å². The Morgan fingerprint density at radius 1 is 1.24 bits per heavy atom. The molecule has 2 aromatic rings. The minimum absolute atomic E-state index is 0.156. The summed E-state index contributed by atoms with van der Waals surface area (Å²) in [7, 11) is 0. The van der Waals surface area contributed by atoms with Gasteiger partial charge in [0, 0.05) is 5.02 Å². The molecule has 4 atom stereocenters. The molecule has 0 spiro atoms. The normalized spacial score (nSPS) is 25.1. The number of carbonyl (C=O) groups excluding carboxylic acids is 2. The van der Waals surface area contributed by atoms with Crippen LogP contribution in [0.15, 0.2) is 35.3 Å². The summed E-state index contributed by atoms with van der Waals surface area (Å²) in [5.41, 5.74) is -0.936. The minimum atomic E-state index is -1.12. The lowest BCUT2D eigenvalue weighted by Gasteiger charge is -2.18. The van der Waals surface area contributed by atoms with Crippen molar-refractivity contribution in [3.05, 3.63) is 51.8 Å². The second kappa shape index (κ2) is 7.33. The fourth-order valence-electron chi connectivity index (χ4n) is 3.01. The van der Waals surface area contributed by atoms with E-state index in [2.05, 4.69) is 4.98 Å². The number of anilines is 1. The molecule has 10 nitrogen and oxygen atoms in total. The quantitative estimate of drug-likeness (QED) is 0.745. The first kappa shape index (κ1) is 19.2. The van der Waals surface area contributed by atoms with Crippen LogP contribution in [0.4, 0.5) is 19.8 Å². The summed E-state index contributed by atoms with van der Waals surface area (Å²) in [4.78, 5) is 39.1. The first-order valence-corrected chi connectivity index (χ1v) is 8.75. The summed E-state index contributed by atoms with van der Waals surface area (Å²) in [6, 6.07) is 5.87. The highest BCUT2D eigenvalue weighted by atomic mass is 35.5. The molecule has 2 aliphatic heterocycles. The van der Waals surface area contributed by atoms with Crippen LogP contribution in [0.5, 0.6) is 5.75 Å². The van der Waals surface area contributed by atoms with Crippen molar-refractivity contribution >= 4 is 29.7 Å². The Bertz CT molecular complexity index is 1030. The molecule has 0 aliphatic carbocycles. The standard InChI is InChI=1S/C17H13ClFN3O7/c1-7-11-12(29-17(25)28-11)14(26-7)22-6-10(19)13(20-15(22)23)21-16(24)27-9-4-2-8(18)3-5-9/h2-7,11-12,14H,1H3,(H,20,21,23,24)/t7-,11-,12-,14-/m1/s1. The lowest BCUT2D eigenvalue weighted by Crippen LogP contribution is -2.35. The third-order valence-corrected chi connectivity index (χ3v) is 4.56. The Morgan fingerprint density at radius 2 is 1.93 bits per heavy atom. The van der Waals surface area contributed by atoms with Gasteiger partial charge in [0.2, 0.25) is 0 Å². The fraction of sp³-hybridized carbons (Fsp3) is 0.294. The van der Waals surface area contributed by atoms with E-state index in [1.165, 1.54) is 24.3 Å². The molecular weight excluding hydrogens is 413 g/mol. The van der Waals surface area contributed by atoms with Crippen LogP contribution in [0.1, 0.15) is 13.2 Å². The van der Waals surface area contributed by atoms with Crippen LogP contribution in [-0.2, 0) is 14.2 Å². The molecule has 1 amide bonds. The zero-order valence-corrected chi connectivity index (χ0v) is 15.5. The molecule has 0 radical (unpaired) electrons. The second-order valence-electron chi connectivity index (χ2n) is 6.24. The Hall–Kier alpha value is -3.18. The molecule has 0 unspecified atom stereocenters. The Kier molecular flexibility index (Phi) is 4.84. The summed E-state index contributed by atoms with van der Waals surface area (Å²) in [5, 5.41) is 2.49. The van der Waals surface area contributed by atoms with Crippen molar-refractivity contribution < 1.29 is 32.9 Å². The maximum atomic E-state index is 14.4. The third kappa shape index (κ3) is 3.74. The fourth-order valence-corrected chi connectivity index (χ4v) is 3.14. The number of rotatable bonds is 3. The van der Waals surface area contributed by atoms with Gasteiger partial charge >= 0.3 is 17.9 Å². The number of benzene rings is 1. The molecule has 1 aromatic carbocycles. The lowest BCUT2D eigenvalue weighted by molar-refractivity contribution is -0.0524. The van der Waals surface area contributed by atoms with Gasteiger partial charge in [-0.3, -0.25) is 9.88 Å². The number of nitrogens with zero attached hydrogens (tertiary/aromatic N) is 2. The number of nitrogens with one attached hydrogen (secondary N) is 1. The molecule has 4 rings (SSSR count). The van der Waals surface area contributed by atoms with Crippen molar-refractivity contribution in [3.8, 4) is 5.75 Å². The topological polar surface area (TPSA) is 118 Å². The zero-order chi connectivity index (χ0) is 20.7. The van der Waals surface area contributed by atoms with Crippen LogP contribution in [0.3, 0.4) is 0 Å². The molecule has 2 saturated heterocycles. The van der Waals surface area contributed by atoms with E-state index >= 15 is 0 Å². The van der Waals surface area contributed by atoms with Gasteiger partial charge in [0.05, 0.1) is 12.3 Å². The van der Waals surface area contributed by atoms with Crippen LogP contribution in [0.25, 0.3) is 0 Å². The van der Waals surface area contributed by atoms with Crippen molar-refractivity contribution in [2.45, 2.75) is 31.5 Å². The summed E-state index contributed by atoms with van der Waals surface area (Å²) >= 11 is 5.74. The molecule has 152 valence electrons. The Labute approximate surface area is 167 Å². The SMILES string of the molecule is C[C@H]1O[C@@H](n2cc(F)c(NC(=O)Oc3ccc(Cl)cc3)nc2=O)[C@@H]2OC(=O)O[C@@H]21. The van der Waals surface area contributed by atoms with E-state index in [1.807, 2.05) is 5.32 Å². The second-order valence-corrected chi connectivity index (χ2v) is 6.68. The largest absolute Gasteiger partial charge is 0.509 e. The van der Waals surface area contributed by atoms with Crippen LogP contribution < -0.4 is 15.7 Å². The van der Waals surface area contributed by atoms with Gasteiger partial charge in [-0.05, 0) is 31.2 Å². The van der Waals surface area contributed by atoms with E-state index in [-0.39, 0.29) is 5.75 Å². The average molecular weight is 426 g/mol. The number of fused-ring (bicyclic) bond motifs is 1. The first-order chi connectivity index (χ1) is 13.8. The Morgan fingerprint density at radius 3 is 2.66 bits per heavy atom. The van der Waals surface area contributed by atoms with Crippen LogP contribution >= 0.6 is 11.6 Å². The monoisotopic (exact) mass is 425 g/mol. The van der Waals surface area contributed by atoms with Crippen LogP contribution in [0, 0.1) is 5.82 Å². The van der Waals surface area contributed by atoms with Gasteiger partial charge in [0.1, 0.15) is 5.75 Å². The van der Waals surface area contributed by atoms with E-state index in [1.54, 1.807) is 6.92 Å². The van der Waals surface area contributed by atoms with Gasteiger partial charge in [0.25, 0.3) is 0 Å². The van der Waals surface area contributed by atoms with Crippen molar-refractivity contribution in [1.29, 1.82) is 0 Å². The highest BCUT2D eigenvalue weighted by Crippen LogP contribution is 2.37. The van der Waals surface area contributed by atoms with Crippen molar-refractivity contribution in [3.63, 3.8) is 0 Å². The van der Waals surface area contributed by atoms with Gasteiger partial charge in [-0.25, -0.2) is 18.8 Å². The van der Waals surface area contributed by atoms with Gasteiger partial charge in [0.15, 0.2) is 30.1 Å². The van der Waals surface area contributed by atoms with Gasteiger partial charge in [-0.2, -0.15) is 4.98 Å². The van der Waals surface area contributed by atoms with E-state index < -0.39 is 54.1 Å². The summed E-state index contributed by atoms with van der Waals surface area (Å²) in [5.74, 6) is -1.50. The molecule has 2 fully saturated rings. The average Bonchev–Trinajstić information content (AvgIpc) is 3.18. The maximum Gasteiger partial charge on any atom is 0.509 e. The first-order valence-electron chi connectivity index (χ1n) is 8.37. The molecule has 1 aromatic heterocycles. The molecule has 1 N–H and O–H groups in total. The number of carbonyl (C=O) groups is 2. The number of ether oxygens (including phenoxy) is 4. The van der Waals surface area contributed by atoms with Crippen molar-refractivity contribution in [2.24, 2.45) is 0 Å². The van der Waals surface area contributed by atoms with E-state index in [0.717, 1.165) is 10.8 Å². The number of amides is 1. The summed E-state index contributed by atoms with van der Waals surface area (Å²) in [6.45, 7) is 1.62. The highest BCUT2D eigenvalue weighted by Gasteiger charge is 2.53. The number of hydrogen-bond acceptors (Lipinski definition) is 8.